The lowest BCUT2D eigenvalue weighted by molar-refractivity contribution is -0.119. The Morgan fingerprint density at radius 2 is 2.24 bits per heavy atom. The fourth-order valence-corrected chi connectivity index (χ4v) is 1.55. The Balaban J connectivity index is 1.75. The van der Waals surface area contributed by atoms with Crippen LogP contribution in [0.25, 0.3) is 0 Å². The van der Waals surface area contributed by atoms with E-state index in [4.69, 9.17) is 11.6 Å². The largest absolute Gasteiger partial charge is 0.376 e. The topological polar surface area (TPSA) is 41.1 Å². The summed E-state index contributed by atoms with van der Waals surface area (Å²) in [5.74, 6) is 0.0919. The van der Waals surface area contributed by atoms with Crippen LogP contribution in [0, 0.1) is 11.7 Å². The van der Waals surface area contributed by atoms with Crippen molar-refractivity contribution in [2.75, 3.05) is 18.4 Å². The molecule has 17 heavy (non-hydrogen) atoms. The summed E-state index contributed by atoms with van der Waals surface area (Å²) in [5, 5.41) is 5.74. The second-order valence-corrected chi connectivity index (χ2v) is 4.64. The monoisotopic (exact) mass is 256 g/mol. The van der Waals surface area contributed by atoms with Gasteiger partial charge in [-0.15, -0.1) is 0 Å². The van der Waals surface area contributed by atoms with Crippen molar-refractivity contribution in [3.8, 4) is 0 Å². The molecular formula is C12H14ClFN2O. The minimum absolute atomic E-state index is 0.0766. The maximum Gasteiger partial charge on any atom is 0.239 e. The zero-order chi connectivity index (χ0) is 12.3. The van der Waals surface area contributed by atoms with Crippen molar-refractivity contribution < 1.29 is 9.18 Å². The summed E-state index contributed by atoms with van der Waals surface area (Å²) >= 11 is 5.55. The summed E-state index contributed by atoms with van der Waals surface area (Å²) in [6.07, 6.45) is 2.41. The lowest BCUT2D eigenvalue weighted by atomic mass is 10.3. The highest BCUT2D eigenvalue weighted by Gasteiger charge is 2.21. The third-order valence-electron chi connectivity index (χ3n) is 2.66. The van der Waals surface area contributed by atoms with Crippen LogP contribution in [0.1, 0.15) is 12.8 Å². The number of amides is 1. The molecule has 1 amide bonds. The highest BCUT2D eigenvalue weighted by atomic mass is 35.5. The smallest absolute Gasteiger partial charge is 0.239 e. The van der Waals surface area contributed by atoms with Gasteiger partial charge >= 0.3 is 0 Å². The normalized spacial score (nSPS) is 14.5. The van der Waals surface area contributed by atoms with Gasteiger partial charge in [-0.2, -0.15) is 0 Å². The summed E-state index contributed by atoms with van der Waals surface area (Å²) in [4.78, 5) is 11.4. The van der Waals surface area contributed by atoms with E-state index in [0.717, 1.165) is 6.54 Å². The average Bonchev–Trinajstić information content (AvgIpc) is 3.12. The van der Waals surface area contributed by atoms with Crippen molar-refractivity contribution >= 4 is 23.2 Å². The van der Waals surface area contributed by atoms with Crippen LogP contribution in [0.5, 0.6) is 0 Å². The van der Waals surface area contributed by atoms with E-state index in [-0.39, 0.29) is 17.5 Å². The number of benzene rings is 1. The van der Waals surface area contributed by atoms with Crippen LogP contribution < -0.4 is 10.6 Å². The lowest BCUT2D eigenvalue weighted by Crippen LogP contribution is -2.31. The molecule has 0 spiro atoms. The van der Waals surface area contributed by atoms with Gasteiger partial charge in [0, 0.05) is 12.2 Å². The first-order valence-corrected chi connectivity index (χ1v) is 5.98. The van der Waals surface area contributed by atoms with Gasteiger partial charge in [0.05, 0.1) is 11.6 Å². The fourth-order valence-electron chi connectivity index (χ4n) is 1.43. The van der Waals surface area contributed by atoms with Gasteiger partial charge < -0.3 is 10.6 Å². The molecule has 0 saturated heterocycles. The summed E-state index contributed by atoms with van der Waals surface area (Å²) in [6.45, 7) is 0.892. The Bertz CT molecular complexity index is 421. The van der Waals surface area contributed by atoms with E-state index in [2.05, 4.69) is 10.6 Å². The van der Waals surface area contributed by atoms with Crippen LogP contribution in [-0.2, 0) is 4.79 Å². The third-order valence-corrected chi connectivity index (χ3v) is 2.96. The lowest BCUT2D eigenvalue weighted by Gasteiger charge is -2.07. The maximum atomic E-state index is 13.1. The first kappa shape index (κ1) is 12.2. The Kier molecular flexibility index (Phi) is 3.84. The quantitative estimate of drug-likeness (QED) is 0.850. The van der Waals surface area contributed by atoms with Crippen molar-refractivity contribution in [3.63, 3.8) is 0 Å². The molecule has 1 aliphatic rings. The first-order valence-electron chi connectivity index (χ1n) is 5.61. The third kappa shape index (κ3) is 3.89. The van der Waals surface area contributed by atoms with Crippen molar-refractivity contribution in [2.45, 2.75) is 12.8 Å². The van der Waals surface area contributed by atoms with E-state index in [1.54, 1.807) is 6.07 Å². The van der Waals surface area contributed by atoms with Crippen LogP contribution in [0.4, 0.5) is 10.1 Å². The predicted molar refractivity (Wildman–Crippen MR) is 65.6 cm³/mol. The molecule has 3 nitrogen and oxygen atoms in total. The van der Waals surface area contributed by atoms with Crippen LogP contribution in [0.15, 0.2) is 18.2 Å². The molecule has 0 aromatic heterocycles. The molecule has 0 unspecified atom stereocenters. The molecule has 1 aliphatic carbocycles. The van der Waals surface area contributed by atoms with Gasteiger partial charge in [0.2, 0.25) is 5.91 Å². The molecule has 92 valence electrons. The molecule has 1 aromatic carbocycles. The first-order chi connectivity index (χ1) is 8.15. The van der Waals surface area contributed by atoms with Gasteiger partial charge in [0.1, 0.15) is 5.82 Å². The number of carbonyl (C=O) groups excluding carboxylic acids is 1. The van der Waals surface area contributed by atoms with Gasteiger partial charge in [-0.05, 0) is 37.0 Å². The Morgan fingerprint density at radius 3 is 2.88 bits per heavy atom. The number of rotatable bonds is 5. The highest BCUT2D eigenvalue weighted by molar-refractivity contribution is 6.30. The van der Waals surface area contributed by atoms with Gasteiger partial charge in [-0.1, -0.05) is 11.6 Å². The van der Waals surface area contributed by atoms with E-state index in [0.29, 0.717) is 11.6 Å². The molecular weight excluding hydrogens is 243 g/mol. The number of nitrogens with one attached hydrogen (secondary N) is 2. The molecule has 2 rings (SSSR count). The Labute approximate surface area is 104 Å². The van der Waals surface area contributed by atoms with Gasteiger partial charge in [-0.3, -0.25) is 4.79 Å². The molecule has 5 heteroatoms. The average molecular weight is 257 g/mol. The molecule has 0 aliphatic heterocycles. The van der Waals surface area contributed by atoms with Crippen LogP contribution in [0.3, 0.4) is 0 Å². The number of carbonyl (C=O) groups is 1. The van der Waals surface area contributed by atoms with E-state index in [9.17, 15) is 9.18 Å². The van der Waals surface area contributed by atoms with E-state index < -0.39 is 5.82 Å². The molecule has 0 atom stereocenters. The molecule has 2 N–H and O–H groups in total. The van der Waals surface area contributed by atoms with E-state index in [1.165, 1.54) is 25.0 Å². The zero-order valence-electron chi connectivity index (χ0n) is 9.30. The summed E-state index contributed by atoms with van der Waals surface area (Å²) < 4.78 is 13.1. The van der Waals surface area contributed by atoms with Crippen molar-refractivity contribution in [1.29, 1.82) is 0 Å². The Hall–Kier alpha value is -1.29. The number of hydrogen-bond donors (Lipinski definition) is 2. The van der Waals surface area contributed by atoms with Crippen molar-refractivity contribution in [1.82, 2.24) is 5.32 Å². The van der Waals surface area contributed by atoms with Crippen molar-refractivity contribution in [3.05, 3.63) is 29.0 Å². The number of anilines is 1. The summed E-state index contributed by atoms with van der Waals surface area (Å²) in [7, 11) is 0. The minimum atomic E-state index is -0.491. The minimum Gasteiger partial charge on any atom is -0.376 e. The second kappa shape index (κ2) is 5.36. The van der Waals surface area contributed by atoms with Gasteiger partial charge in [0.25, 0.3) is 0 Å². The van der Waals surface area contributed by atoms with E-state index in [1.807, 2.05) is 0 Å². The molecule has 0 radical (unpaired) electrons. The summed E-state index contributed by atoms with van der Waals surface area (Å²) in [5.41, 5.74) is 0.550. The highest BCUT2D eigenvalue weighted by Crippen LogP contribution is 2.27. The molecule has 1 saturated carbocycles. The molecule has 1 fully saturated rings. The van der Waals surface area contributed by atoms with Gasteiger partial charge in [-0.25, -0.2) is 4.39 Å². The maximum absolute atomic E-state index is 13.1. The van der Waals surface area contributed by atoms with Crippen LogP contribution >= 0.6 is 11.6 Å². The predicted octanol–water partition coefficient (Wildman–Crippen LogP) is 2.42. The standard InChI is InChI=1S/C12H14ClFN2O/c13-10-4-3-9(5-11(10)14)15-7-12(17)16-6-8-1-2-8/h3-5,8,15H,1-2,6-7H2,(H,16,17). The van der Waals surface area contributed by atoms with Crippen LogP contribution in [0.2, 0.25) is 5.02 Å². The SMILES string of the molecule is O=C(CNc1ccc(Cl)c(F)c1)NCC1CC1. The second-order valence-electron chi connectivity index (χ2n) is 4.23. The summed E-state index contributed by atoms with van der Waals surface area (Å²) in [6, 6.07) is 4.37. The van der Waals surface area contributed by atoms with E-state index >= 15 is 0 Å². The fraction of sp³-hybridized carbons (Fsp3) is 0.417. The van der Waals surface area contributed by atoms with Gasteiger partial charge in [0.15, 0.2) is 0 Å². The molecule has 0 heterocycles. The zero-order valence-corrected chi connectivity index (χ0v) is 10.1. The van der Waals surface area contributed by atoms with Crippen molar-refractivity contribution in [2.24, 2.45) is 5.92 Å². The van der Waals surface area contributed by atoms with Crippen LogP contribution in [-0.4, -0.2) is 19.0 Å². The number of halogens is 2. The molecule has 1 aromatic rings. The number of hydrogen-bond acceptors (Lipinski definition) is 2. The molecule has 0 bridgehead atoms. The Morgan fingerprint density at radius 1 is 1.47 bits per heavy atom.